The van der Waals surface area contributed by atoms with E-state index in [-0.39, 0.29) is 10.8 Å². The summed E-state index contributed by atoms with van der Waals surface area (Å²) in [6, 6.07) is 4.46. The van der Waals surface area contributed by atoms with Crippen LogP contribution in [0.1, 0.15) is 138 Å². The van der Waals surface area contributed by atoms with Gasteiger partial charge in [0.25, 0.3) is 0 Å². The van der Waals surface area contributed by atoms with Gasteiger partial charge in [0.15, 0.2) is 0 Å². The van der Waals surface area contributed by atoms with E-state index >= 15 is 0 Å². The summed E-state index contributed by atoms with van der Waals surface area (Å²) in [7, 11) is 0. The van der Waals surface area contributed by atoms with Crippen LogP contribution in [-0.4, -0.2) is 24.6 Å². The van der Waals surface area contributed by atoms with Crippen molar-refractivity contribution in [2.24, 2.45) is 16.3 Å². The van der Waals surface area contributed by atoms with Crippen LogP contribution in [0.4, 0.5) is 5.69 Å². The van der Waals surface area contributed by atoms with Crippen LogP contribution in [0.5, 0.6) is 0 Å². The Hall–Kier alpha value is -4.28. The monoisotopic (exact) mass is 837 g/mol. The van der Waals surface area contributed by atoms with Gasteiger partial charge in [-0.05, 0) is 145 Å². The molecule has 4 heteroatoms. The lowest BCUT2D eigenvalue weighted by Gasteiger charge is -2.32. The number of anilines is 1. The molecular weight excluding hydrogens is 761 g/mol. The molecule has 0 bridgehead atoms. The Kier molecular flexibility index (Phi) is 17.4. The zero-order valence-electron chi connectivity index (χ0n) is 39.1. The van der Waals surface area contributed by atoms with Crippen molar-refractivity contribution in [3.05, 3.63) is 159 Å². The number of thiol groups is 1. The highest BCUT2D eigenvalue weighted by Crippen LogP contribution is 2.47. The summed E-state index contributed by atoms with van der Waals surface area (Å²) < 4.78 is 7.10. The fraction of sp³-hybridized carbons (Fsp3) is 0.456. The summed E-state index contributed by atoms with van der Waals surface area (Å²) in [6.07, 6.45) is 39.7. The summed E-state index contributed by atoms with van der Waals surface area (Å²) in [5, 5.41) is 2.23. The van der Waals surface area contributed by atoms with Gasteiger partial charge in [-0.15, -0.1) is 0 Å². The van der Waals surface area contributed by atoms with Gasteiger partial charge in [-0.25, -0.2) is 0 Å². The molecular formula is C57H76N2OS. The summed E-state index contributed by atoms with van der Waals surface area (Å²) in [5.41, 5.74) is 11.8. The quantitative estimate of drug-likeness (QED) is 0.0853. The van der Waals surface area contributed by atoms with Crippen molar-refractivity contribution in [2.45, 2.75) is 138 Å². The molecule has 1 atom stereocenters. The first-order valence-corrected chi connectivity index (χ1v) is 23.9. The third kappa shape index (κ3) is 11.6. The van der Waals surface area contributed by atoms with Crippen molar-refractivity contribution in [2.75, 3.05) is 23.7 Å². The smallest absolute Gasteiger partial charge is 0.133 e. The van der Waals surface area contributed by atoms with Crippen LogP contribution in [0.15, 0.2) is 148 Å². The average Bonchev–Trinajstić information content (AvgIpc) is 3.45. The predicted molar refractivity (Wildman–Crippen MR) is 272 cm³/mol. The molecule has 0 radical (unpaired) electrons. The summed E-state index contributed by atoms with van der Waals surface area (Å²) >= 11 is 4.50. The average molecular weight is 837 g/mol. The number of allylic oxidation sites excluding steroid dienone is 19. The summed E-state index contributed by atoms with van der Waals surface area (Å²) in [4.78, 5) is 7.92. The molecule has 0 aromatic heterocycles. The second-order valence-electron chi connectivity index (χ2n) is 18.6. The van der Waals surface area contributed by atoms with Crippen LogP contribution >= 0.6 is 12.6 Å². The van der Waals surface area contributed by atoms with Crippen molar-refractivity contribution >= 4 is 36.7 Å². The van der Waals surface area contributed by atoms with Crippen LogP contribution in [0.3, 0.4) is 0 Å². The van der Waals surface area contributed by atoms with Gasteiger partial charge >= 0.3 is 0 Å². The number of benzene rings is 1. The second kappa shape index (κ2) is 22.2. The molecule has 1 heterocycles. The Morgan fingerprint density at radius 3 is 2.49 bits per heavy atom. The maximum absolute atomic E-state index is 7.10. The number of fused-ring (bicyclic) bond motifs is 1. The van der Waals surface area contributed by atoms with E-state index in [1.165, 1.54) is 69.3 Å². The molecule has 1 aliphatic heterocycles. The van der Waals surface area contributed by atoms with E-state index in [9.17, 15) is 0 Å². The number of hydrogen-bond acceptors (Lipinski definition) is 4. The molecule has 326 valence electrons. The lowest BCUT2D eigenvalue weighted by atomic mass is 9.73. The lowest BCUT2D eigenvalue weighted by molar-refractivity contribution is 0.279. The molecule has 0 N–H and O–H groups in total. The van der Waals surface area contributed by atoms with Crippen molar-refractivity contribution in [3.63, 3.8) is 0 Å². The normalized spacial score (nSPS) is 21.3. The molecule has 0 amide bonds. The highest BCUT2D eigenvalue weighted by Gasteiger charge is 2.40. The number of ether oxygens (including phenoxy) is 1. The van der Waals surface area contributed by atoms with Gasteiger partial charge in [0.05, 0.1) is 0 Å². The van der Waals surface area contributed by atoms with Gasteiger partial charge in [0.2, 0.25) is 0 Å². The molecule has 4 aliphatic rings. The third-order valence-corrected chi connectivity index (χ3v) is 13.3. The minimum absolute atomic E-state index is 0.232. The fourth-order valence-electron chi connectivity index (χ4n) is 9.31. The largest absolute Gasteiger partial charge is 0.461 e. The molecule has 0 fully saturated rings. The Balaban J connectivity index is 1.65. The predicted octanol–water partition coefficient (Wildman–Crippen LogP) is 14.4. The Morgan fingerprint density at radius 2 is 1.79 bits per heavy atom. The molecule has 3 aliphatic carbocycles. The fourth-order valence-corrected chi connectivity index (χ4v) is 9.53. The number of unbranched alkanes of at least 4 members (excludes halogenated alkanes) is 4. The van der Waals surface area contributed by atoms with E-state index in [1.54, 1.807) is 0 Å². The van der Waals surface area contributed by atoms with Crippen molar-refractivity contribution in [3.8, 4) is 0 Å². The zero-order valence-corrected chi connectivity index (χ0v) is 40.0. The summed E-state index contributed by atoms with van der Waals surface area (Å²) in [5.74, 6) is 3.34. The van der Waals surface area contributed by atoms with Crippen LogP contribution in [0, 0.1) is 11.3 Å². The van der Waals surface area contributed by atoms with E-state index < -0.39 is 0 Å². The minimum Gasteiger partial charge on any atom is -0.461 e. The molecule has 61 heavy (non-hydrogen) atoms. The van der Waals surface area contributed by atoms with Crippen molar-refractivity contribution in [1.82, 2.24) is 0 Å². The summed E-state index contributed by atoms with van der Waals surface area (Å²) in [6.45, 7) is 33.3. The van der Waals surface area contributed by atoms with Gasteiger partial charge in [0, 0.05) is 47.4 Å². The van der Waals surface area contributed by atoms with Crippen LogP contribution in [-0.2, 0) is 10.2 Å². The van der Waals surface area contributed by atoms with Gasteiger partial charge in [0.1, 0.15) is 11.5 Å². The van der Waals surface area contributed by atoms with Crippen molar-refractivity contribution in [1.29, 1.82) is 0 Å². The highest BCUT2D eigenvalue weighted by atomic mass is 32.1. The maximum Gasteiger partial charge on any atom is 0.133 e. The molecule has 1 aromatic rings. The van der Waals surface area contributed by atoms with Crippen LogP contribution in [0.2, 0.25) is 0 Å². The standard InChI is InChI=1S/C57H76N2OS/c1-12-15-16-20-37-59-51-33-28-43(6)49(23-14-3)54(51)57(10,11)53(59)35-30-47-40-42(5)39-46(55(47)60-48-31-26-41(4)27-32-48)29-34-52(58-36-19-21-38-61)56(8,9)44(7)50-25-18-17-24-45(50)22-13-2/h13-14,22-26,28-31,33-35,42,61H,3,6-7,12,15-21,27,32,36-40H2,1-2,4-5,8-11H3/b22-13-,34-29+,47-30+,49-23+,53-35-,58-52?. The number of aliphatic imine (C=N–C) groups is 1. The van der Waals surface area contributed by atoms with Gasteiger partial charge in [-0.3, -0.25) is 4.99 Å². The van der Waals surface area contributed by atoms with E-state index in [4.69, 9.17) is 16.3 Å². The number of hydrogen-bond donors (Lipinski definition) is 1. The highest BCUT2D eigenvalue weighted by molar-refractivity contribution is 7.80. The van der Waals surface area contributed by atoms with Gasteiger partial charge < -0.3 is 9.64 Å². The van der Waals surface area contributed by atoms with E-state index in [0.29, 0.717) is 5.92 Å². The molecule has 1 unspecified atom stereocenters. The first-order valence-electron chi connectivity index (χ1n) is 23.3. The minimum atomic E-state index is -0.389. The van der Waals surface area contributed by atoms with Crippen molar-refractivity contribution < 1.29 is 4.74 Å². The molecule has 1 aromatic carbocycles. The van der Waals surface area contributed by atoms with E-state index in [1.807, 2.05) is 6.08 Å². The molecule has 0 saturated carbocycles. The van der Waals surface area contributed by atoms with E-state index in [0.717, 1.165) is 105 Å². The maximum atomic E-state index is 7.10. The first-order chi connectivity index (χ1) is 29.3. The zero-order chi connectivity index (χ0) is 44.2. The second-order valence-corrected chi connectivity index (χ2v) is 19.1. The molecule has 5 rings (SSSR count). The van der Waals surface area contributed by atoms with Crippen LogP contribution < -0.4 is 15.3 Å². The Labute approximate surface area is 376 Å². The molecule has 3 nitrogen and oxygen atoms in total. The first kappa shape index (κ1) is 47.8. The SMILES string of the molecule is C=C/C=c1/c2c(ccc1=C)N(CCCCCC)/C(=C\C=C1/CC(C)CC(/C=C/C(=NCCCCS)C(C)(C)C(=C)C3=CCCC=C3/C=C\C)=C1OC1=CC=C(C)CC1)C2(C)C. The molecule has 0 spiro atoms. The van der Waals surface area contributed by atoms with Gasteiger partial charge in [-0.1, -0.05) is 147 Å². The topological polar surface area (TPSA) is 24.8 Å². The van der Waals surface area contributed by atoms with E-state index in [2.05, 4.69) is 165 Å². The Morgan fingerprint density at radius 1 is 1.00 bits per heavy atom. The number of rotatable bonds is 19. The molecule has 0 saturated heterocycles. The number of nitrogens with zero attached hydrogens (tertiary/aromatic N) is 2. The van der Waals surface area contributed by atoms with Crippen LogP contribution in [0.25, 0.3) is 12.7 Å². The third-order valence-electron chi connectivity index (χ3n) is 12.9. The van der Waals surface area contributed by atoms with Gasteiger partial charge in [-0.2, -0.15) is 12.6 Å². The lowest BCUT2D eigenvalue weighted by Crippen LogP contribution is -2.33. The Bertz CT molecular complexity index is 2220.